The Morgan fingerprint density at radius 2 is 1.89 bits per heavy atom. The van der Waals surface area contributed by atoms with E-state index in [-0.39, 0.29) is 17.7 Å². The van der Waals surface area contributed by atoms with Crippen molar-refractivity contribution in [2.75, 3.05) is 18.8 Å². The number of hydrogen-bond acceptors (Lipinski definition) is 5. The highest BCUT2D eigenvalue weighted by Crippen LogP contribution is 2.24. The van der Waals surface area contributed by atoms with E-state index < -0.39 is 12.1 Å². The van der Waals surface area contributed by atoms with E-state index in [4.69, 9.17) is 17.0 Å². The van der Waals surface area contributed by atoms with Crippen LogP contribution in [0.15, 0.2) is 30.3 Å². The number of rotatable bonds is 6. The molecule has 1 aliphatic heterocycles. The van der Waals surface area contributed by atoms with Crippen molar-refractivity contribution in [2.45, 2.75) is 44.8 Å². The topological polar surface area (TPSA) is 58.6 Å². The molecule has 1 aliphatic carbocycles. The molecular formula is C20H26N2O3S2. The van der Waals surface area contributed by atoms with Gasteiger partial charge >= 0.3 is 5.97 Å². The van der Waals surface area contributed by atoms with Crippen LogP contribution in [0.5, 0.6) is 0 Å². The van der Waals surface area contributed by atoms with Gasteiger partial charge < -0.3 is 15.0 Å². The van der Waals surface area contributed by atoms with Crippen LogP contribution in [0.1, 0.15) is 44.3 Å². The number of nitrogens with one attached hydrogen (secondary N) is 1. The molecule has 146 valence electrons. The second-order valence-electron chi connectivity index (χ2n) is 7.29. The van der Waals surface area contributed by atoms with Gasteiger partial charge in [0, 0.05) is 24.7 Å². The molecule has 2 aliphatic rings. The third-order valence-electron chi connectivity index (χ3n) is 4.87. The Morgan fingerprint density at radius 1 is 1.22 bits per heavy atom. The van der Waals surface area contributed by atoms with Gasteiger partial charge in [-0.05, 0) is 31.6 Å². The number of nitrogens with zero attached hydrogens (tertiary/aromatic N) is 1. The largest absolute Gasteiger partial charge is 0.447 e. The summed E-state index contributed by atoms with van der Waals surface area (Å²) in [6, 6.07) is 9.36. The quantitative estimate of drug-likeness (QED) is 0.578. The molecule has 0 spiro atoms. The summed E-state index contributed by atoms with van der Waals surface area (Å²) in [6.45, 7) is 4.14. The number of ether oxygens (including phenoxy) is 1. The van der Waals surface area contributed by atoms with E-state index in [2.05, 4.69) is 17.1 Å². The number of esters is 1. The summed E-state index contributed by atoms with van der Waals surface area (Å²) in [7, 11) is 0. The molecule has 5 nitrogen and oxygen atoms in total. The number of likely N-dealkylation sites (tertiary alicyclic amines) is 1. The minimum absolute atomic E-state index is 0.116. The van der Waals surface area contributed by atoms with Crippen LogP contribution in [0.4, 0.5) is 0 Å². The number of thiocarbonyl (C=S) groups is 1. The van der Waals surface area contributed by atoms with Crippen LogP contribution in [0.3, 0.4) is 0 Å². The van der Waals surface area contributed by atoms with Gasteiger partial charge in [0.2, 0.25) is 6.10 Å². The Hall–Kier alpha value is -1.60. The lowest BCUT2D eigenvalue weighted by Gasteiger charge is -2.31. The fraction of sp³-hybridized carbons (Fsp3) is 0.550. The van der Waals surface area contributed by atoms with E-state index in [0.29, 0.717) is 5.56 Å². The van der Waals surface area contributed by atoms with Crippen molar-refractivity contribution in [3.63, 3.8) is 0 Å². The fourth-order valence-electron chi connectivity index (χ4n) is 2.97. The first-order valence-electron chi connectivity index (χ1n) is 9.49. The molecule has 0 aromatic heterocycles. The first kappa shape index (κ1) is 20.1. The number of amides is 1. The summed E-state index contributed by atoms with van der Waals surface area (Å²) in [6.07, 6.45) is 3.31. The Kier molecular flexibility index (Phi) is 7.13. The molecule has 7 heteroatoms. The molecular weight excluding hydrogens is 380 g/mol. The molecule has 0 radical (unpaired) electrons. The van der Waals surface area contributed by atoms with Crippen LogP contribution < -0.4 is 5.32 Å². The maximum absolute atomic E-state index is 12.5. The monoisotopic (exact) mass is 406 g/mol. The van der Waals surface area contributed by atoms with Crippen LogP contribution in [-0.4, -0.2) is 46.0 Å². The number of carbonyl (C=O) groups excluding carboxylic acids is 2. The first-order chi connectivity index (χ1) is 13.0. The highest BCUT2D eigenvalue weighted by molar-refractivity contribution is 8.23. The van der Waals surface area contributed by atoms with E-state index in [1.165, 1.54) is 11.8 Å². The Balaban J connectivity index is 1.52. The number of thioether (sulfide) groups is 1. The number of benzene rings is 1. The van der Waals surface area contributed by atoms with E-state index in [9.17, 15) is 9.59 Å². The molecule has 2 fully saturated rings. The van der Waals surface area contributed by atoms with Gasteiger partial charge in [-0.2, -0.15) is 0 Å². The van der Waals surface area contributed by atoms with Gasteiger partial charge in [-0.15, -0.1) is 0 Å². The average Bonchev–Trinajstić information content (AvgIpc) is 3.49. The third-order valence-corrected chi connectivity index (χ3v) is 6.37. The number of hydrogen-bond donors (Lipinski definition) is 1. The van der Waals surface area contributed by atoms with Crippen LogP contribution in [0.2, 0.25) is 0 Å². The lowest BCUT2D eigenvalue weighted by atomic mass is 10.00. The van der Waals surface area contributed by atoms with Crippen LogP contribution in [0.25, 0.3) is 0 Å². The molecule has 1 aromatic rings. The maximum Gasteiger partial charge on any atom is 0.317 e. The van der Waals surface area contributed by atoms with Crippen LogP contribution in [-0.2, 0) is 14.3 Å². The standard InChI is InChI=1S/C20H26N2O3S2/c1-14-9-11-22(12-10-14)20(26)27-13-17(23)25-18(15-5-3-2-4-6-15)19(24)21-16-7-8-16/h2-6,14,16,18H,7-13H2,1H3,(H,21,24)/t18-/m0/s1. The summed E-state index contributed by atoms with van der Waals surface area (Å²) >= 11 is 6.78. The van der Waals surface area contributed by atoms with Gasteiger partial charge in [0.25, 0.3) is 5.91 Å². The second-order valence-corrected chi connectivity index (χ2v) is 8.90. The van der Waals surface area contributed by atoms with Crippen molar-refractivity contribution < 1.29 is 14.3 Å². The van der Waals surface area contributed by atoms with Gasteiger partial charge in [-0.25, -0.2) is 0 Å². The zero-order valence-corrected chi connectivity index (χ0v) is 17.2. The van der Waals surface area contributed by atoms with Crippen molar-refractivity contribution in [2.24, 2.45) is 5.92 Å². The molecule has 1 saturated heterocycles. The van der Waals surface area contributed by atoms with Crippen molar-refractivity contribution in [1.82, 2.24) is 10.2 Å². The average molecular weight is 407 g/mol. The Labute approximate surface area is 170 Å². The van der Waals surface area contributed by atoms with Gasteiger partial charge in [0.05, 0.1) is 5.75 Å². The lowest BCUT2D eigenvalue weighted by Crippen LogP contribution is -2.36. The second kappa shape index (κ2) is 9.55. The third kappa shape index (κ3) is 6.21. The zero-order valence-electron chi connectivity index (χ0n) is 15.6. The molecule has 1 saturated carbocycles. The highest BCUT2D eigenvalue weighted by atomic mass is 32.2. The SMILES string of the molecule is CC1CCN(C(=S)SCC(=O)O[C@H](C(=O)NC2CC2)c2ccccc2)CC1. The summed E-state index contributed by atoms with van der Waals surface area (Å²) in [4.78, 5) is 27.0. The molecule has 1 N–H and O–H groups in total. The first-order valence-corrected chi connectivity index (χ1v) is 10.9. The van der Waals surface area contributed by atoms with E-state index in [1.807, 2.05) is 18.2 Å². The van der Waals surface area contributed by atoms with E-state index in [1.54, 1.807) is 12.1 Å². The summed E-state index contributed by atoms with van der Waals surface area (Å²) in [5.74, 6) is 0.170. The van der Waals surface area contributed by atoms with Crippen LogP contribution in [0, 0.1) is 5.92 Å². The lowest BCUT2D eigenvalue weighted by molar-refractivity contribution is -0.154. The summed E-state index contributed by atoms with van der Waals surface area (Å²) < 4.78 is 6.27. The van der Waals surface area contributed by atoms with Crippen molar-refractivity contribution in [3.8, 4) is 0 Å². The van der Waals surface area contributed by atoms with Gasteiger partial charge in [0.15, 0.2) is 0 Å². The van der Waals surface area contributed by atoms with E-state index >= 15 is 0 Å². The predicted octanol–water partition coefficient (Wildman–Crippen LogP) is 3.30. The molecule has 1 heterocycles. The maximum atomic E-state index is 12.5. The predicted molar refractivity (Wildman–Crippen MR) is 111 cm³/mol. The smallest absolute Gasteiger partial charge is 0.317 e. The highest BCUT2D eigenvalue weighted by Gasteiger charge is 2.31. The molecule has 1 amide bonds. The summed E-state index contributed by atoms with van der Waals surface area (Å²) in [5.41, 5.74) is 0.682. The molecule has 1 aromatic carbocycles. The fourth-order valence-corrected chi connectivity index (χ4v) is 4.01. The summed E-state index contributed by atoms with van der Waals surface area (Å²) in [5, 5.41) is 2.92. The Bertz CT molecular complexity index is 671. The van der Waals surface area contributed by atoms with E-state index in [0.717, 1.165) is 49.0 Å². The number of carbonyl (C=O) groups is 2. The van der Waals surface area contributed by atoms with Gasteiger partial charge in [-0.1, -0.05) is 61.2 Å². The van der Waals surface area contributed by atoms with Crippen molar-refractivity contribution in [1.29, 1.82) is 0 Å². The minimum Gasteiger partial charge on any atom is -0.447 e. The molecule has 0 bridgehead atoms. The normalized spacial score (nSPS) is 18.6. The Morgan fingerprint density at radius 3 is 2.52 bits per heavy atom. The van der Waals surface area contributed by atoms with Crippen molar-refractivity contribution in [3.05, 3.63) is 35.9 Å². The molecule has 0 unspecified atom stereocenters. The molecule has 27 heavy (non-hydrogen) atoms. The molecule has 1 atom stereocenters. The molecule has 3 rings (SSSR count). The van der Waals surface area contributed by atoms with Crippen LogP contribution >= 0.6 is 24.0 Å². The minimum atomic E-state index is -0.913. The van der Waals surface area contributed by atoms with Gasteiger partial charge in [-0.3, -0.25) is 9.59 Å². The van der Waals surface area contributed by atoms with Gasteiger partial charge in [0.1, 0.15) is 4.32 Å². The zero-order chi connectivity index (χ0) is 19.2. The van der Waals surface area contributed by atoms with Crippen molar-refractivity contribution >= 4 is 40.2 Å². The number of piperidine rings is 1.